The lowest BCUT2D eigenvalue weighted by atomic mass is 10.2. The Hall–Kier alpha value is -1.04. The Kier molecular flexibility index (Phi) is 4.85. The highest BCUT2D eigenvalue weighted by atomic mass is 32.2. The molecule has 1 aromatic heterocycles. The van der Waals surface area contributed by atoms with Gasteiger partial charge in [-0.3, -0.25) is 9.89 Å². The van der Waals surface area contributed by atoms with E-state index in [4.69, 9.17) is 0 Å². The van der Waals surface area contributed by atoms with Gasteiger partial charge in [-0.25, -0.2) is 4.98 Å². The molecule has 1 saturated carbocycles. The van der Waals surface area contributed by atoms with Crippen LogP contribution in [0.3, 0.4) is 0 Å². The van der Waals surface area contributed by atoms with Gasteiger partial charge in [0.25, 0.3) is 0 Å². The molecule has 1 aromatic rings. The fourth-order valence-corrected chi connectivity index (χ4v) is 2.67. The normalized spacial score (nSPS) is 18.1. The minimum absolute atomic E-state index is 0.0590. The third kappa shape index (κ3) is 4.23. The van der Waals surface area contributed by atoms with Crippen LogP contribution < -0.4 is 5.32 Å². The van der Waals surface area contributed by atoms with Crippen molar-refractivity contribution in [3.8, 4) is 0 Å². The molecule has 1 amide bonds. The molecule has 6 heteroatoms. The maximum atomic E-state index is 12.0. The number of carbonyl (C=O) groups excluding carboxylic acids is 1. The maximum Gasteiger partial charge on any atom is 0.233 e. The Morgan fingerprint density at radius 3 is 2.89 bits per heavy atom. The molecule has 1 aliphatic carbocycles. The smallest absolute Gasteiger partial charge is 0.233 e. The fraction of sp³-hybridized carbons (Fsp3) is 0.769. The van der Waals surface area contributed by atoms with Crippen molar-refractivity contribution >= 4 is 17.7 Å². The van der Waals surface area contributed by atoms with Crippen LogP contribution in [0.1, 0.15) is 58.2 Å². The van der Waals surface area contributed by atoms with E-state index in [0.29, 0.717) is 11.1 Å². The first-order valence-electron chi connectivity index (χ1n) is 6.99. The highest BCUT2D eigenvalue weighted by Crippen LogP contribution is 2.38. The third-order valence-corrected chi connectivity index (χ3v) is 4.17. The number of rotatable bonds is 7. The summed E-state index contributed by atoms with van der Waals surface area (Å²) in [6.07, 6.45) is 4.48. The average Bonchev–Trinajstić information content (AvgIpc) is 3.10. The van der Waals surface area contributed by atoms with Gasteiger partial charge in [0.2, 0.25) is 11.1 Å². The summed E-state index contributed by atoms with van der Waals surface area (Å²) in [4.78, 5) is 16.4. The molecule has 0 aliphatic heterocycles. The standard InChI is InChI=1S/C13H22N4OS/c1-4-5-8(2)14-12(18)9(3)19-13-15-11(16-17-13)10-6-7-10/h8-10H,4-7H2,1-3H3,(H,14,18)(H,15,16,17). The Balaban J connectivity index is 1.81. The summed E-state index contributed by atoms with van der Waals surface area (Å²) in [5.74, 6) is 1.59. The molecule has 0 spiro atoms. The van der Waals surface area contributed by atoms with Gasteiger partial charge in [-0.15, -0.1) is 5.10 Å². The molecule has 0 bridgehead atoms. The van der Waals surface area contributed by atoms with E-state index in [1.165, 1.54) is 24.6 Å². The van der Waals surface area contributed by atoms with Gasteiger partial charge in [-0.1, -0.05) is 25.1 Å². The zero-order valence-electron chi connectivity index (χ0n) is 11.8. The van der Waals surface area contributed by atoms with Crippen LogP contribution in [0.4, 0.5) is 0 Å². The molecule has 2 unspecified atom stereocenters. The topological polar surface area (TPSA) is 70.7 Å². The van der Waals surface area contributed by atoms with E-state index in [-0.39, 0.29) is 17.2 Å². The summed E-state index contributed by atoms with van der Waals surface area (Å²) in [5, 5.41) is 10.6. The number of aromatic nitrogens is 3. The van der Waals surface area contributed by atoms with E-state index >= 15 is 0 Å². The van der Waals surface area contributed by atoms with Gasteiger partial charge in [-0.2, -0.15) is 0 Å². The molecular weight excluding hydrogens is 260 g/mol. The summed E-state index contributed by atoms with van der Waals surface area (Å²) in [6.45, 7) is 6.05. The lowest BCUT2D eigenvalue weighted by molar-refractivity contribution is -0.120. The molecule has 1 aliphatic rings. The Labute approximate surface area is 118 Å². The average molecular weight is 282 g/mol. The largest absolute Gasteiger partial charge is 0.353 e. The lowest BCUT2D eigenvalue weighted by Gasteiger charge is -2.15. The molecule has 106 valence electrons. The van der Waals surface area contributed by atoms with E-state index in [1.807, 2.05) is 13.8 Å². The van der Waals surface area contributed by atoms with Crippen LogP contribution in [0.5, 0.6) is 0 Å². The quantitative estimate of drug-likeness (QED) is 0.754. The molecule has 19 heavy (non-hydrogen) atoms. The number of aromatic amines is 1. The van der Waals surface area contributed by atoms with Crippen LogP contribution in [0.25, 0.3) is 0 Å². The monoisotopic (exact) mass is 282 g/mol. The van der Waals surface area contributed by atoms with E-state index in [0.717, 1.165) is 18.7 Å². The zero-order valence-corrected chi connectivity index (χ0v) is 12.6. The van der Waals surface area contributed by atoms with Crippen LogP contribution in [0.15, 0.2) is 5.16 Å². The molecule has 2 rings (SSSR count). The van der Waals surface area contributed by atoms with E-state index in [1.54, 1.807) is 0 Å². The van der Waals surface area contributed by atoms with Gasteiger partial charge in [0, 0.05) is 12.0 Å². The number of carbonyl (C=O) groups is 1. The Bertz CT molecular complexity index is 430. The number of nitrogens with zero attached hydrogens (tertiary/aromatic N) is 2. The molecular formula is C13H22N4OS. The fourth-order valence-electron chi connectivity index (χ4n) is 1.93. The minimum Gasteiger partial charge on any atom is -0.353 e. The van der Waals surface area contributed by atoms with Crippen LogP contribution in [-0.4, -0.2) is 32.4 Å². The summed E-state index contributed by atoms with van der Waals surface area (Å²) in [6, 6.07) is 0.231. The number of amides is 1. The van der Waals surface area contributed by atoms with Gasteiger partial charge >= 0.3 is 0 Å². The summed E-state index contributed by atoms with van der Waals surface area (Å²) >= 11 is 1.41. The van der Waals surface area contributed by atoms with Crippen molar-refractivity contribution in [2.45, 2.75) is 68.8 Å². The van der Waals surface area contributed by atoms with Crippen molar-refractivity contribution in [3.63, 3.8) is 0 Å². The van der Waals surface area contributed by atoms with E-state index < -0.39 is 0 Å². The van der Waals surface area contributed by atoms with E-state index in [2.05, 4.69) is 27.4 Å². The first kappa shape index (κ1) is 14.4. The molecule has 0 aromatic carbocycles. The predicted molar refractivity (Wildman–Crippen MR) is 76.2 cm³/mol. The number of hydrogen-bond donors (Lipinski definition) is 2. The van der Waals surface area contributed by atoms with Gasteiger partial charge in [-0.05, 0) is 33.1 Å². The van der Waals surface area contributed by atoms with Crippen molar-refractivity contribution in [2.75, 3.05) is 0 Å². The number of thioether (sulfide) groups is 1. The molecule has 2 atom stereocenters. The van der Waals surface area contributed by atoms with Crippen molar-refractivity contribution in [2.24, 2.45) is 0 Å². The number of hydrogen-bond acceptors (Lipinski definition) is 4. The van der Waals surface area contributed by atoms with Crippen molar-refractivity contribution in [1.29, 1.82) is 0 Å². The van der Waals surface area contributed by atoms with Crippen LogP contribution >= 0.6 is 11.8 Å². The van der Waals surface area contributed by atoms with Gasteiger partial charge in [0.1, 0.15) is 5.82 Å². The first-order valence-corrected chi connectivity index (χ1v) is 7.87. The Morgan fingerprint density at radius 1 is 1.53 bits per heavy atom. The van der Waals surface area contributed by atoms with E-state index in [9.17, 15) is 4.79 Å². The molecule has 1 heterocycles. The van der Waals surface area contributed by atoms with Crippen LogP contribution in [0, 0.1) is 0 Å². The van der Waals surface area contributed by atoms with Gasteiger partial charge in [0.05, 0.1) is 5.25 Å². The molecule has 2 N–H and O–H groups in total. The van der Waals surface area contributed by atoms with Crippen LogP contribution in [-0.2, 0) is 4.79 Å². The predicted octanol–water partition coefficient (Wildman–Crippen LogP) is 2.47. The minimum atomic E-state index is -0.165. The summed E-state index contributed by atoms with van der Waals surface area (Å²) < 4.78 is 0. The van der Waals surface area contributed by atoms with Crippen molar-refractivity contribution in [3.05, 3.63) is 5.82 Å². The number of nitrogens with one attached hydrogen (secondary N) is 2. The highest BCUT2D eigenvalue weighted by Gasteiger charge is 2.28. The zero-order chi connectivity index (χ0) is 13.8. The molecule has 1 fully saturated rings. The third-order valence-electron chi connectivity index (χ3n) is 3.21. The second-order valence-corrected chi connectivity index (χ2v) is 6.54. The summed E-state index contributed by atoms with van der Waals surface area (Å²) in [5.41, 5.74) is 0. The SMILES string of the molecule is CCCC(C)NC(=O)C(C)Sc1n[nH]c(C2CC2)n1. The second-order valence-electron chi connectivity index (χ2n) is 5.24. The summed E-state index contributed by atoms with van der Waals surface area (Å²) in [7, 11) is 0. The maximum absolute atomic E-state index is 12.0. The first-order chi connectivity index (χ1) is 9.10. The number of H-pyrrole nitrogens is 1. The molecule has 0 saturated heterocycles. The molecule has 0 radical (unpaired) electrons. The van der Waals surface area contributed by atoms with Gasteiger partial charge < -0.3 is 5.32 Å². The van der Waals surface area contributed by atoms with Gasteiger partial charge in [0.15, 0.2) is 0 Å². The van der Waals surface area contributed by atoms with Crippen molar-refractivity contribution < 1.29 is 4.79 Å². The molecule has 5 nitrogen and oxygen atoms in total. The Morgan fingerprint density at radius 2 is 2.26 bits per heavy atom. The van der Waals surface area contributed by atoms with Crippen LogP contribution in [0.2, 0.25) is 0 Å². The highest BCUT2D eigenvalue weighted by molar-refractivity contribution is 8.00. The lowest BCUT2D eigenvalue weighted by Crippen LogP contribution is -2.37. The van der Waals surface area contributed by atoms with Crippen molar-refractivity contribution in [1.82, 2.24) is 20.5 Å². The second kappa shape index (κ2) is 6.41.